The zero-order valence-corrected chi connectivity index (χ0v) is 15.3. The Morgan fingerprint density at radius 1 is 1.00 bits per heavy atom. The summed E-state index contributed by atoms with van der Waals surface area (Å²) in [6, 6.07) is 12.2. The van der Waals surface area contributed by atoms with Crippen molar-refractivity contribution in [1.82, 2.24) is 5.43 Å². The monoisotopic (exact) mass is 357 g/mol. The van der Waals surface area contributed by atoms with Crippen LogP contribution >= 0.6 is 0 Å². The van der Waals surface area contributed by atoms with Crippen molar-refractivity contribution in [2.24, 2.45) is 5.10 Å². The molecule has 7 heteroatoms. The molecule has 0 saturated heterocycles. The Hall–Kier alpha value is -3.22. The quantitative estimate of drug-likeness (QED) is 0.561. The van der Waals surface area contributed by atoms with E-state index in [-0.39, 0.29) is 5.91 Å². The van der Waals surface area contributed by atoms with E-state index in [0.717, 1.165) is 17.0 Å². The van der Waals surface area contributed by atoms with Crippen molar-refractivity contribution >= 4 is 17.8 Å². The Morgan fingerprint density at radius 2 is 1.69 bits per heavy atom. The van der Waals surface area contributed by atoms with Gasteiger partial charge >= 0.3 is 0 Å². The number of nitrogens with one attached hydrogen (secondary N) is 2. The summed E-state index contributed by atoms with van der Waals surface area (Å²) in [5.41, 5.74) is 4.10. The summed E-state index contributed by atoms with van der Waals surface area (Å²) in [6.45, 7) is 1.76. The van der Waals surface area contributed by atoms with Crippen LogP contribution in [-0.4, -0.2) is 39.5 Å². The van der Waals surface area contributed by atoms with Crippen molar-refractivity contribution in [1.29, 1.82) is 0 Å². The first-order valence-electron chi connectivity index (χ1n) is 8.03. The van der Waals surface area contributed by atoms with Crippen LogP contribution in [0.2, 0.25) is 0 Å². The van der Waals surface area contributed by atoms with E-state index in [1.54, 1.807) is 46.6 Å². The molecule has 2 rings (SSSR count). The minimum Gasteiger partial charge on any atom is -0.497 e. The molecular weight excluding hydrogens is 334 g/mol. The number of nitrogens with zero attached hydrogens (tertiary/aromatic N) is 1. The molecule has 0 aliphatic heterocycles. The first-order valence-corrected chi connectivity index (χ1v) is 8.03. The second-order valence-corrected chi connectivity index (χ2v) is 5.44. The molecule has 0 aliphatic rings. The third-order valence-corrected chi connectivity index (χ3v) is 3.66. The maximum Gasteiger partial charge on any atom is 0.262 e. The third kappa shape index (κ3) is 5.14. The Morgan fingerprint density at radius 3 is 2.31 bits per heavy atom. The third-order valence-electron chi connectivity index (χ3n) is 3.66. The maximum absolute atomic E-state index is 12.1. The first-order chi connectivity index (χ1) is 12.6. The lowest BCUT2D eigenvalue weighted by Crippen LogP contribution is -2.34. The molecule has 0 saturated carbocycles. The molecule has 2 N–H and O–H groups in total. The number of methoxy groups -OCH3 is 3. The summed E-state index contributed by atoms with van der Waals surface area (Å²) >= 11 is 0. The number of hydrogen-bond acceptors (Lipinski definition) is 6. The molecule has 7 nitrogen and oxygen atoms in total. The molecule has 0 aromatic heterocycles. The van der Waals surface area contributed by atoms with E-state index in [2.05, 4.69) is 15.8 Å². The molecule has 1 amide bonds. The minimum atomic E-state index is -0.453. The van der Waals surface area contributed by atoms with Gasteiger partial charge in [0.2, 0.25) is 0 Å². The van der Waals surface area contributed by atoms with Gasteiger partial charge in [-0.05, 0) is 55.0 Å². The van der Waals surface area contributed by atoms with Gasteiger partial charge in [-0.15, -0.1) is 0 Å². The lowest BCUT2D eigenvalue weighted by atomic mass is 10.2. The summed E-state index contributed by atoms with van der Waals surface area (Å²) in [7, 11) is 4.74. The number of ether oxygens (including phenoxy) is 3. The molecule has 0 radical (unpaired) electrons. The fourth-order valence-electron chi connectivity index (χ4n) is 2.20. The highest BCUT2D eigenvalue weighted by atomic mass is 16.5. The van der Waals surface area contributed by atoms with Crippen molar-refractivity contribution < 1.29 is 19.0 Å². The van der Waals surface area contributed by atoms with E-state index >= 15 is 0 Å². The molecule has 138 valence electrons. The van der Waals surface area contributed by atoms with Gasteiger partial charge in [0.15, 0.2) is 11.5 Å². The predicted octanol–water partition coefficient (Wildman–Crippen LogP) is 2.66. The standard InChI is InChI=1S/C19H23N3O4/c1-13(21-15-6-8-16(24-2)9-7-15)19(23)22-20-12-14-5-10-17(25-3)18(11-14)26-4/h5-13,21H,1-4H3,(H,22,23)/b20-12-/t13-/m1/s1. The van der Waals surface area contributed by atoms with Crippen molar-refractivity contribution in [2.45, 2.75) is 13.0 Å². The Balaban J connectivity index is 1.91. The van der Waals surface area contributed by atoms with Gasteiger partial charge in [-0.3, -0.25) is 4.79 Å². The van der Waals surface area contributed by atoms with Gasteiger partial charge in [-0.25, -0.2) is 5.43 Å². The van der Waals surface area contributed by atoms with Crippen LogP contribution in [-0.2, 0) is 4.79 Å². The fourth-order valence-corrected chi connectivity index (χ4v) is 2.20. The van der Waals surface area contributed by atoms with E-state index in [1.807, 2.05) is 30.3 Å². The van der Waals surface area contributed by atoms with Crippen LogP contribution in [0.3, 0.4) is 0 Å². The van der Waals surface area contributed by atoms with E-state index < -0.39 is 6.04 Å². The van der Waals surface area contributed by atoms with E-state index in [9.17, 15) is 4.79 Å². The highest BCUT2D eigenvalue weighted by Crippen LogP contribution is 2.26. The molecule has 0 aliphatic carbocycles. The van der Waals surface area contributed by atoms with Crippen LogP contribution in [0.5, 0.6) is 17.2 Å². The molecule has 0 unspecified atom stereocenters. The van der Waals surface area contributed by atoms with Gasteiger partial charge in [-0.1, -0.05) is 0 Å². The van der Waals surface area contributed by atoms with Gasteiger partial charge in [-0.2, -0.15) is 5.10 Å². The first kappa shape index (κ1) is 19.1. The number of rotatable bonds is 8. The molecule has 26 heavy (non-hydrogen) atoms. The number of hydrogen-bond donors (Lipinski definition) is 2. The molecule has 2 aromatic rings. The average molecular weight is 357 g/mol. The van der Waals surface area contributed by atoms with E-state index in [0.29, 0.717) is 11.5 Å². The van der Waals surface area contributed by atoms with Gasteiger partial charge in [0, 0.05) is 5.69 Å². The average Bonchev–Trinajstić information content (AvgIpc) is 2.68. The Labute approximate surface area is 153 Å². The van der Waals surface area contributed by atoms with Crippen molar-refractivity contribution in [3.05, 3.63) is 48.0 Å². The van der Waals surface area contributed by atoms with Crippen molar-refractivity contribution in [3.8, 4) is 17.2 Å². The molecule has 1 atom stereocenters. The van der Waals surface area contributed by atoms with Gasteiger partial charge in [0.05, 0.1) is 27.5 Å². The topological polar surface area (TPSA) is 81.2 Å². The molecule has 0 spiro atoms. The lowest BCUT2D eigenvalue weighted by Gasteiger charge is -2.13. The normalized spacial score (nSPS) is 11.7. The predicted molar refractivity (Wildman–Crippen MR) is 101 cm³/mol. The number of anilines is 1. The van der Waals surface area contributed by atoms with Gasteiger partial charge in [0.25, 0.3) is 5.91 Å². The summed E-state index contributed by atoms with van der Waals surface area (Å²) in [5, 5.41) is 7.08. The van der Waals surface area contributed by atoms with Crippen LogP contribution in [0.25, 0.3) is 0 Å². The number of carbonyl (C=O) groups excluding carboxylic acids is 1. The maximum atomic E-state index is 12.1. The molecule has 0 bridgehead atoms. The van der Waals surface area contributed by atoms with Crippen LogP contribution in [0.1, 0.15) is 12.5 Å². The summed E-state index contributed by atoms with van der Waals surface area (Å²) in [6.07, 6.45) is 1.54. The second kappa shape index (κ2) is 9.31. The zero-order valence-electron chi connectivity index (χ0n) is 15.3. The van der Waals surface area contributed by atoms with Crippen molar-refractivity contribution in [3.63, 3.8) is 0 Å². The lowest BCUT2D eigenvalue weighted by molar-refractivity contribution is -0.121. The van der Waals surface area contributed by atoms with Gasteiger partial charge < -0.3 is 19.5 Å². The van der Waals surface area contributed by atoms with Crippen molar-refractivity contribution in [2.75, 3.05) is 26.6 Å². The van der Waals surface area contributed by atoms with E-state index in [4.69, 9.17) is 14.2 Å². The zero-order chi connectivity index (χ0) is 18.9. The Kier molecular flexibility index (Phi) is 6.84. The Bertz CT molecular complexity index is 760. The summed E-state index contributed by atoms with van der Waals surface area (Å²) in [4.78, 5) is 12.1. The number of benzene rings is 2. The molecule has 0 heterocycles. The number of carbonyl (C=O) groups is 1. The van der Waals surface area contributed by atoms with E-state index in [1.165, 1.54) is 0 Å². The number of amides is 1. The largest absolute Gasteiger partial charge is 0.497 e. The highest BCUT2D eigenvalue weighted by Gasteiger charge is 2.11. The van der Waals surface area contributed by atoms with Crippen LogP contribution < -0.4 is 25.0 Å². The van der Waals surface area contributed by atoms with Crippen LogP contribution in [0.15, 0.2) is 47.6 Å². The van der Waals surface area contributed by atoms with Gasteiger partial charge in [0.1, 0.15) is 11.8 Å². The smallest absolute Gasteiger partial charge is 0.262 e. The molecule has 0 fully saturated rings. The molecule has 2 aromatic carbocycles. The second-order valence-electron chi connectivity index (χ2n) is 5.44. The SMILES string of the molecule is COc1ccc(N[C@H](C)C(=O)N/N=C\c2ccc(OC)c(OC)c2)cc1. The van der Waals surface area contributed by atoms with Crippen LogP contribution in [0, 0.1) is 0 Å². The number of hydrazone groups is 1. The minimum absolute atomic E-state index is 0.252. The summed E-state index contributed by atoms with van der Waals surface area (Å²) < 4.78 is 15.5. The molecular formula is C19H23N3O4. The fraction of sp³-hybridized carbons (Fsp3) is 0.263. The van der Waals surface area contributed by atoms with Crippen LogP contribution in [0.4, 0.5) is 5.69 Å². The summed E-state index contributed by atoms with van der Waals surface area (Å²) in [5.74, 6) is 1.73. The highest BCUT2D eigenvalue weighted by molar-refractivity contribution is 5.86.